The molecule has 0 atom stereocenters. The van der Waals surface area contributed by atoms with Crippen LogP contribution in [-0.4, -0.2) is 18.1 Å². The van der Waals surface area contributed by atoms with Crippen molar-refractivity contribution in [2.24, 2.45) is 0 Å². The van der Waals surface area contributed by atoms with Gasteiger partial charge >= 0.3 is 5.97 Å². The van der Waals surface area contributed by atoms with Crippen LogP contribution in [0.4, 0.5) is 13.2 Å². The highest BCUT2D eigenvalue weighted by Gasteiger charge is 2.22. The fraction of sp³-hybridized carbons (Fsp3) is 0.333. The van der Waals surface area contributed by atoms with Gasteiger partial charge in [0.05, 0.1) is 13.5 Å². The lowest BCUT2D eigenvalue weighted by Gasteiger charge is -2.08. The number of esters is 1. The van der Waals surface area contributed by atoms with Gasteiger partial charge in [-0.1, -0.05) is 0 Å². The number of ether oxygens (including phenoxy) is 1. The average molecular weight is 345 g/mol. The van der Waals surface area contributed by atoms with Crippen molar-refractivity contribution in [3.8, 4) is 0 Å². The number of methoxy groups -OCH3 is 1. The molecule has 88 valence electrons. The van der Waals surface area contributed by atoms with Gasteiger partial charge in [0, 0.05) is 15.3 Å². The van der Waals surface area contributed by atoms with E-state index >= 15 is 0 Å². The number of carbonyl (C=O) groups is 1. The molecule has 1 aromatic heterocycles. The molecule has 0 saturated carbocycles. The van der Waals surface area contributed by atoms with Gasteiger partial charge in [0.25, 0.3) is 6.43 Å². The third-order valence-electron chi connectivity index (χ3n) is 1.85. The van der Waals surface area contributed by atoms with Crippen molar-refractivity contribution in [1.82, 2.24) is 4.98 Å². The monoisotopic (exact) mass is 345 g/mol. The van der Waals surface area contributed by atoms with Crippen LogP contribution in [0.25, 0.3) is 0 Å². The van der Waals surface area contributed by atoms with Crippen LogP contribution in [0.1, 0.15) is 17.7 Å². The Morgan fingerprint density at radius 3 is 2.75 bits per heavy atom. The molecule has 0 N–H and O–H groups in total. The minimum absolute atomic E-state index is 0.113. The van der Waals surface area contributed by atoms with Crippen molar-refractivity contribution in [1.29, 1.82) is 0 Å². The summed E-state index contributed by atoms with van der Waals surface area (Å²) in [5, 5.41) is 0. The summed E-state index contributed by atoms with van der Waals surface area (Å²) in [5.41, 5.74) is -1.06. The van der Waals surface area contributed by atoms with Crippen LogP contribution in [0.5, 0.6) is 0 Å². The van der Waals surface area contributed by atoms with E-state index in [-0.39, 0.29) is 12.0 Å². The predicted molar refractivity (Wildman–Crippen MR) is 57.6 cm³/mol. The van der Waals surface area contributed by atoms with Gasteiger partial charge in [-0.3, -0.25) is 9.78 Å². The first-order chi connectivity index (χ1) is 7.47. The Balaban J connectivity index is 3.16. The molecular formula is C9H7F3INO2. The van der Waals surface area contributed by atoms with E-state index in [1.807, 2.05) is 0 Å². The second-order valence-corrected chi connectivity index (χ2v) is 4.00. The summed E-state index contributed by atoms with van der Waals surface area (Å²) in [5.74, 6) is -1.84. The number of carbonyl (C=O) groups excluding carboxylic acids is 1. The van der Waals surface area contributed by atoms with Gasteiger partial charge in [-0.25, -0.2) is 13.2 Å². The zero-order valence-corrected chi connectivity index (χ0v) is 10.3. The van der Waals surface area contributed by atoms with Gasteiger partial charge in [-0.15, -0.1) is 0 Å². The van der Waals surface area contributed by atoms with E-state index in [1.54, 1.807) is 22.6 Å². The highest BCUT2D eigenvalue weighted by atomic mass is 127. The second kappa shape index (κ2) is 5.46. The van der Waals surface area contributed by atoms with Crippen molar-refractivity contribution in [3.05, 3.63) is 26.8 Å². The highest BCUT2D eigenvalue weighted by molar-refractivity contribution is 14.1. The van der Waals surface area contributed by atoms with Crippen LogP contribution in [0.2, 0.25) is 0 Å². The molecule has 0 aliphatic rings. The Bertz CT molecular complexity index is 412. The zero-order valence-electron chi connectivity index (χ0n) is 8.14. The molecule has 0 aromatic carbocycles. The van der Waals surface area contributed by atoms with Crippen molar-refractivity contribution < 1.29 is 22.7 Å². The molecule has 16 heavy (non-hydrogen) atoms. The number of pyridine rings is 1. The van der Waals surface area contributed by atoms with E-state index in [9.17, 15) is 18.0 Å². The van der Waals surface area contributed by atoms with E-state index < -0.39 is 23.9 Å². The quantitative estimate of drug-likeness (QED) is 0.624. The van der Waals surface area contributed by atoms with Gasteiger partial charge in [0.1, 0.15) is 5.69 Å². The van der Waals surface area contributed by atoms with Gasteiger partial charge in [-0.2, -0.15) is 0 Å². The Morgan fingerprint density at radius 1 is 1.62 bits per heavy atom. The average Bonchev–Trinajstić information content (AvgIpc) is 2.23. The lowest BCUT2D eigenvalue weighted by Crippen LogP contribution is -2.11. The number of rotatable bonds is 3. The minimum Gasteiger partial charge on any atom is -0.469 e. The molecule has 0 bridgehead atoms. The van der Waals surface area contributed by atoms with Gasteiger partial charge in [-0.05, 0) is 22.6 Å². The van der Waals surface area contributed by atoms with Crippen LogP contribution < -0.4 is 0 Å². The largest absolute Gasteiger partial charge is 0.469 e. The van der Waals surface area contributed by atoms with Crippen LogP contribution in [0, 0.1) is 9.39 Å². The molecule has 1 rings (SSSR count). The summed E-state index contributed by atoms with van der Waals surface area (Å²) in [6.45, 7) is 0. The van der Waals surface area contributed by atoms with Crippen LogP contribution in [0.15, 0.2) is 6.20 Å². The number of hydrogen-bond donors (Lipinski definition) is 0. The minimum atomic E-state index is -3.01. The van der Waals surface area contributed by atoms with Crippen molar-refractivity contribution in [2.75, 3.05) is 7.11 Å². The highest BCUT2D eigenvalue weighted by Crippen LogP contribution is 2.25. The fourth-order valence-corrected chi connectivity index (χ4v) is 1.62. The number of alkyl halides is 2. The molecule has 0 radical (unpaired) electrons. The lowest BCUT2D eigenvalue weighted by molar-refractivity contribution is -0.139. The van der Waals surface area contributed by atoms with Gasteiger partial charge in [0.15, 0.2) is 5.82 Å². The molecule has 0 unspecified atom stereocenters. The summed E-state index contributed by atoms with van der Waals surface area (Å²) >= 11 is 1.72. The molecule has 0 saturated heterocycles. The third-order valence-corrected chi connectivity index (χ3v) is 2.78. The van der Waals surface area contributed by atoms with Gasteiger partial charge < -0.3 is 4.74 Å². The molecule has 0 amide bonds. The molecule has 1 aromatic rings. The number of aromatic nitrogens is 1. The van der Waals surface area contributed by atoms with E-state index in [1.165, 1.54) is 0 Å². The second-order valence-electron chi connectivity index (χ2n) is 2.84. The topological polar surface area (TPSA) is 39.2 Å². The molecule has 0 aliphatic carbocycles. The summed E-state index contributed by atoms with van der Waals surface area (Å²) < 4.78 is 42.9. The smallest absolute Gasteiger partial charge is 0.310 e. The molecule has 0 spiro atoms. The Hall–Kier alpha value is -0.860. The predicted octanol–water partition coefficient (Wildman–Crippen LogP) is 2.48. The van der Waals surface area contributed by atoms with E-state index in [0.717, 1.165) is 13.3 Å². The normalized spacial score (nSPS) is 10.6. The summed E-state index contributed by atoms with van der Waals surface area (Å²) in [7, 11) is 1.14. The van der Waals surface area contributed by atoms with Crippen molar-refractivity contribution in [3.63, 3.8) is 0 Å². The van der Waals surface area contributed by atoms with E-state index in [2.05, 4.69) is 9.72 Å². The number of halogens is 4. The lowest BCUT2D eigenvalue weighted by atomic mass is 10.1. The maximum absolute atomic E-state index is 13.5. The van der Waals surface area contributed by atoms with E-state index in [0.29, 0.717) is 3.57 Å². The zero-order chi connectivity index (χ0) is 12.3. The fourth-order valence-electron chi connectivity index (χ4n) is 1.05. The Labute approximate surface area is 103 Å². The molecule has 1 heterocycles. The number of hydrogen-bond acceptors (Lipinski definition) is 3. The van der Waals surface area contributed by atoms with Crippen LogP contribution >= 0.6 is 22.6 Å². The molecule has 3 nitrogen and oxygen atoms in total. The summed E-state index contributed by atoms with van der Waals surface area (Å²) in [6, 6.07) is 0. The van der Waals surface area contributed by atoms with Crippen LogP contribution in [0.3, 0.4) is 0 Å². The standard InChI is InChI=1S/C9H7F3INO2/c1-16-6(15)2-4-5(13)3-14-8(7(4)10)9(11)12/h3,9H,2H2,1H3. The van der Waals surface area contributed by atoms with Gasteiger partial charge in [0.2, 0.25) is 0 Å². The SMILES string of the molecule is COC(=O)Cc1c(I)cnc(C(F)F)c1F. The first-order valence-corrected chi connectivity index (χ1v) is 5.23. The maximum atomic E-state index is 13.5. The van der Waals surface area contributed by atoms with Crippen LogP contribution in [-0.2, 0) is 16.0 Å². The molecule has 0 fully saturated rings. The molecular weight excluding hydrogens is 338 g/mol. The first-order valence-electron chi connectivity index (χ1n) is 4.15. The maximum Gasteiger partial charge on any atom is 0.310 e. The molecule has 7 heteroatoms. The first kappa shape index (κ1) is 13.2. The van der Waals surface area contributed by atoms with Crippen molar-refractivity contribution >= 4 is 28.6 Å². The van der Waals surface area contributed by atoms with Crippen molar-refractivity contribution in [2.45, 2.75) is 12.8 Å². The Morgan fingerprint density at radius 2 is 2.25 bits per heavy atom. The summed E-state index contributed by atoms with van der Waals surface area (Å²) in [4.78, 5) is 14.3. The summed E-state index contributed by atoms with van der Waals surface area (Å²) in [6.07, 6.45) is -2.29. The molecule has 0 aliphatic heterocycles. The Kier molecular flexibility index (Phi) is 4.51. The number of nitrogens with zero attached hydrogens (tertiary/aromatic N) is 1. The third kappa shape index (κ3) is 2.83. The van der Waals surface area contributed by atoms with E-state index in [4.69, 9.17) is 0 Å².